The molecule has 2 fully saturated rings. The molecular weight excluding hydrogens is 626 g/mol. The summed E-state index contributed by atoms with van der Waals surface area (Å²) in [5.41, 5.74) is 6.93. The predicted octanol–water partition coefficient (Wildman–Crippen LogP) is 1.98. The summed E-state index contributed by atoms with van der Waals surface area (Å²) in [5, 5.41) is 33.3. The Morgan fingerprint density at radius 3 is 2.40 bits per heavy atom. The highest BCUT2D eigenvalue weighted by Gasteiger charge is 2.32. The Bertz CT molecular complexity index is 1820. The van der Waals surface area contributed by atoms with E-state index in [0.29, 0.717) is 66.2 Å². The van der Waals surface area contributed by atoms with E-state index >= 15 is 0 Å². The van der Waals surface area contributed by atoms with Gasteiger partial charge in [0.1, 0.15) is 24.8 Å². The summed E-state index contributed by atoms with van der Waals surface area (Å²) in [4.78, 5) is 34.3. The molecule has 48 heavy (non-hydrogen) atoms. The topological polar surface area (TPSA) is 209 Å². The Morgan fingerprint density at radius 1 is 1.00 bits per heavy atom. The molecular formula is C32H39N7O9. The van der Waals surface area contributed by atoms with Crippen LogP contribution in [0.15, 0.2) is 47.4 Å². The zero-order valence-electron chi connectivity index (χ0n) is 26.5. The maximum Gasteiger partial charge on any atom is 0.404 e. The zero-order chi connectivity index (χ0) is 33.8. The maximum atomic E-state index is 13.3. The summed E-state index contributed by atoms with van der Waals surface area (Å²) in [5.74, 6) is 2.35. The third-order valence-corrected chi connectivity index (χ3v) is 8.44. The van der Waals surface area contributed by atoms with Gasteiger partial charge in [0, 0.05) is 37.3 Å². The van der Waals surface area contributed by atoms with Gasteiger partial charge in [-0.1, -0.05) is 12.8 Å². The Morgan fingerprint density at radius 2 is 1.71 bits per heavy atom. The number of amides is 1. The number of rotatable bonds is 7. The number of benzene rings is 1. The molecule has 16 heteroatoms. The van der Waals surface area contributed by atoms with Crippen LogP contribution in [-0.4, -0.2) is 92.0 Å². The largest absolute Gasteiger partial charge is 0.486 e. The number of anilines is 2. The van der Waals surface area contributed by atoms with Crippen molar-refractivity contribution in [3.63, 3.8) is 0 Å². The molecule has 1 saturated carbocycles. The first kappa shape index (κ1) is 33.2. The Hall–Kier alpha value is -4.74. The van der Waals surface area contributed by atoms with Crippen molar-refractivity contribution in [2.24, 2.45) is 5.73 Å². The number of ether oxygens (including phenoxy) is 4. The number of nitrogens with two attached hydrogens (primary N) is 1. The summed E-state index contributed by atoms with van der Waals surface area (Å²) in [6, 6.07) is 11.4. The second-order valence-corrected chi connectivity index (χ2v) is 11.7. The van der Waals surface area contributed by atoms with Crippen molar-refractivity contribution in [3.8, 4) is 22.8 Å². The smallest absolute Gasteiger partial charge is 0.404 e. The normalized spacial score (nSPS) is 16.8. The third-order valence-electron chi connectivity index (χ3n) is 8.44. The Labute approximate surface area is 275 Å². The molecule has 4 aromatic rings. The molecule has 1 amide bonds. The number of methoxy groups -OCH3 is 1. The number of pyridine rings is 2. The molecule has 0 unspecified atom stereocenters. The average molecular weight is 666 g/mol. The highest BCUT2D eigenvalue weighted by molar-refractivity contribution is 5.79. The molecule has 7 rings (SSSR count). The number of aromatic nitrogens is 4. The lowest BCUT2D eigenvalue weighted by atomic mass is 10.1. The van der Waals surface area contributed by atoms with Crippen LogP contribution in [0.3, 0.4) is 0 Å². The van der Waals surface area contributed by atoms with Gasteiger partial charge in [-0.05, 0) is 48.7 Å². The average Bonchev–Trinajstić information content (AvgIpc) is 3.70. The van der Waals surface area contributed by atoms with Crippen LogP contribution in [0.2, 0.25) is 0 Å². The molecule has 256 valence electrons. The number of nitrogens with zero attached hydrogens (tertiary/aromatic N) is 5. The minimum Gasteiger partial charge on any atom is -0.486 e. The summed E-state index contributed by atoms with van der Waals surface area (Å²) in [6.45, 7) is 4.75. The highest BCUT2D eigenvalue weighted by atomic mass is 16.7. The van der Waals surface area contributed by atoms with E-state index in [1.165, 1.54) is 17.9 Å². The van der Waals surface area contributed by atoms with Gasteiger partial charge in [-0.2, -0.15) is 0 Å². The zero-order valence-corrected chi connectivity index (χ0v) is 26.5. The molecule has 0 bridgehead atoms. The van der Waals surface area contributed by atoms with Gasteiger partial charge in [0.05, 0.1) is 43.2 Å². The molecule has 0 radical (unpaired) electrons. The van der Waals surface area contributed by atoms with E-state index in [4.69, 9.17) is 19.2 Å². The van der Waals surface area contributed by atoms with Gasteiger partial charge in [0.15, 0.2) is 11.5 Å². The van der Waals surface area contributed by atoms with Crippen LogP contribution in [0.5, 0.6) is 11.5 Å². The molecule has 1 aromatic carbocycles. The summed E-state index contributed by atoms with van der Waals surface area (Å²) >= 11 is 0. The van der Waals surface area contributed by atoms with Gasteiger partial charge in [-0.15, -0.1) is 0 Å². The Kier molecular flexibility index (Phi) is 9.79. The first-order valence-electron chi connectivity index (χ1n) is 15.7. The van der Waals surface area contributed by atoms with E-state index in [9.17, 15) is 24.9 Å². The molecule has 0 atom stereocenters. The lowest BCUT2D eigenvalue weighted by molar-refractivity contribution is -0.374. The predicted molar refractivity (Wildman–Crippen MR) is 173 cm³/mol. The fourth-order valence-electron chi connectivity index (χ4n) is 6.23. The highest BCUT2D eigenvalue weighted by Crippen LogP contribution is 2.36. The van der Waals surface area contributed by atoms with Crippen molar-refractivity contribution in [3.05, 3.63) is 58.6 Å². The van der Waals surface area contributed by atoms with Crippen molar-refractivity contribution in [2.45, 2.75) is 44.4 Å². The first-order valence-corrected chi connectivity index (χ1v) is 15.7. The summed E-state index contributed by atoms with van der Waals surface area (Å²) < 4.78 is 23.0. The second-order valence-electron chi connectivity index (χ2n) is 11.7. The summed E-state index contributed by atoms with van der Waals surface area (Å²) in [7, 11) is 1.22. The van der Waals surface area contributed by atoms with E-state index in [2.05, 4.69) is 31.7 Å². The molecule has 2 aliphatic heterocycles. The number of morpholine rings is 1. The van der Waals surface area contributed by atoms with Gasteiger partial charge in [-0.3, -0.25) is 9.47 Å². The monoisotopic (exact) mass is 665 g/mol. The minimum absolute atomic E-state index is 0.112. The van der Waals surface area contributed by atoms with Crippen LogP contribution < -0.4 is 26.2 Å². The Balaban J connectivity index is 0.000000749. The molecule has 5 heterocycles. The number of nitrogens with one attached hydrogen (secondary N) is 1. The van der Waals surface area contributed by atoms with Crippen LogP contribution in [0.1, 0.15) is 37.3 Å². The van der Waals surface area contributed by atoms with Crippen LogP contribution in [0.4, 0.5) is 16.4 Å². The van der Waals surface area contributed by atoms with E-state index in [1.54, 1.807) is 6.07 Å². The van der Waals surface area contributed by atoms with Crippen molar-refractivity contribution < 1.29 is 39.1 Å². The fraction of sp³-hybridized carbons (Fsp3) is 0.438. The van der Waals surface area contributed by atoms with E-state index < -0.39 is 17.9 Å². The fourth-order valence-corrected chi connectivity index (χ4v) is 6.23. The van der Waals surface area contributed by atoms with Gasteiger partial charge in [0.25, 0.3) is 0 Å². The molecule has 3 aliphatic rings. The number of hydrogen-bond acceptors (Lipinski definition) is 13. The van der Waals surface area contributed by atoms with E-state index in [-0.39, 0.29) is 11.6 Å². The minimum atomic E-state index is -3.36. The summed E-state index contributed by atoms with van der Waals surface area (Å²) in [6.07, 6.45) is 0.735. The number of primary amides is 1. The lowest BCUT2D eigenvalue weighted by Crippen LogP contribution is -2.41. The SMILES string of the molecule is COC(N)=O.O=c1n(C2CCCC2)c2cc(Nc3cc(CN4CCOCC4)cc(-c4ccc5c(c4)OCCO5)n3)ncc2n1C(O)(O)O. The van der Waals surface area contributed by atoms with Crippen LogP contribution in [0.25, 0.3) is 22.3 Å². The third kappa shape index (κ3) is 7.37. The van der Waals surface area contributed by atoms with Gasteiger partial charge < -0.3 is 45.3 Å². The molecule has 6 N–H and O–H groups in total. The first-order chi connectivity index (χ1) is 23.1. The number of hydrogen-bond donors (Lipinski definition) is 5. The lowest BCUT2D eigenvalue weighted by Gasteiger charge is -2.27. The van der Waals surface area contributed by atoms with Crippen LogP contribution in [-0.2, 0) is 22.1 Å². The number of fused-ring (bicyclic) bond motifs is 2. The van der Waals surface area contributed by atoms with Crippen LogP contribution >= 0.6 is 0 Å². The second kappa shape index (κ2) is 14.2. The molecule has 0 spiro atoms. The van der Waals surface area contributed by atoms with Crippen molar-refractivity contribution in [2.75, 3.05) is 51.9 Å². The van der Waals surface area contributed by atoms with Gasteiger partial charge >= 0.3 is 17.9 Å². The van der Waals surface area contributed by atoms with Gasteiger partial charge in [0.2, 0.25) is 0 Å². The number of carbonyl (C=O) groups excluding carboxylic acids is 1. The number of aliphatic hydroxyl groups is 3. The molecule has 16 nitrogen and oxygen atoms in total. The maximum absolute atomic E-state index is 13.3. The van der Waals surface area contributed by atoms with E-state index in [1.807, 2.05) is 24.3 Å². The quantitative estimate of drug-likeness (QED) is 0.179. The number of carbonyl (C=O) groups is 1. The van der Waals surface area contributed by atoms with E-state index in [0.717, 1.165) is 55.6 Å². The van der Waals surface area contributed by atoms with Gasteiger partial charge in [-0.25, -0.2) is 24.1 Å². The van der Waals surface area contributed by atoms with Crippen molar-refractivity contribution in [1.29, 1.82) is 0 Å². The van der Waals surface area contributed by atoms with Crippen molar-refractivity contribution in [1.82, 2.24) is 24.0 Å². The van der Waals surface area contributed by atoms with Crippen LogP contribution in [0, 0.1) is 0 Å². The molecule has 1 aliphatic carbocycles. The standard InChI is InChI=1S/C30H34N6O7.C2H5NO2/c37-29-35(21-3-1-2-4-21)23-16-27(31-17-24(23)36(29)30(38,39)40)33-28-14-19(18-34-7-9-41-10-8-34)13-22(32-28)20-5-6-25-26(15-20)43-12-11-42-25;1-5-2(3)4/h5-6,13-17,21,38-40H,1-4,7-12,18H2,(H,31,32,33);1H3,(H2,3,4). The molecule has 1 saturated heterocycles. The number of imidazole rings is 1. The van der Waals surface area contributed by atoms with Crippen molar-refractivity contribution >= 4 is 28.8 Å². The molecule has 3 aromatic heterocycles.